The third-order valence-corrected chi connectivity index (χ3v) is 6.46. The van der Waals surface area contributed by atoms with Crippen LogP contribution in [0.25, 0.3) is 0 Å². The molecule has 4 nitrogen and oxygen atoms in total. The van der Waals surface area contributed by atoms with E-state index in [9.17, 15) is 18.0 Å². The number of hydrogen-bond acceptors (Lipinski definition) is 4. The van der Waals surface area contributed by atoms with E-state index in [2.05, 4.69) is 6.58 Å². The number of alkyl halides is 3. The van der Waals surface area contributed by atoms with Crippen molar-refractivity contribution in [1.82, 2.24) is 0 Å². The predicted octanol–water partition coefficient (Wildman–Crippen LogP) is 7.47. The number of carbonyl (C=O) groups excluding carboxylic acids is 1. The smallest absolute Gasteiger partial charge is 0.432 e. The van der Waals surface area contributed by atoms with E-state index in [4.69, 9.17) is 14.5 Å². The van der Waals surface area contributed by atoms with Gasteiger partial charge >= 0.3 is 12.1 Å². The highest BCUT2D eigenvalue weighted by molar-refractivity contribution is 6.13. The molecule has 4 aromatic rings. The highest BCUT2D eigenvalue weighted by atomic mass is 19.4. The number of halogens is 3. The van der Waals surface area contributed by atoms with Crippen molar-refractivity contribution < 1.29 is 27.4 Å². The number of hydrogen-bond donors (Lipinski definition) is 0. The van der Waals surface area contributed by atoms with Gasteiger partial charge in [0.25, 0.3) is 5.60 Å². The molecule has 4 rings (SSSR count). The Balaban J connectivity index is 1.85. The lowest BCUT2D eigenvalue weighted by molar-refractivity contribution is -0.278. The molecule has 0 spiro atoms. The Hall–Kier alpha value is -4.49. The van der Waals surface area contributed by atoms with Gasteiger partial charge in [-0.25, -0.2) is 4.79 Å². The van der Waals surface area contributed by atoms with E-state index in [-0.39, 0.29) is 0 Å². The van der Waals surface area contributed by atoms with Crippen LogP contribution in [0.5, 0.6) is 0 Å². The summed E-state index contributed by atoms with van der Waals surface area (Å²) < 4.78 is 54.6. The molecule has 0 saturated heterocycles. The number of methoxy groups -OCH3 is 1. The molecule has 0 fully saturated rings. The fraction of sp³-hybridized carbons (Fsp3) is 0.152. The van der Waals surface area contributed by atoms with Gasteiger partial charge in [0.15, 0.2) is 6.10 Å². The largest absolute Gasteiger partial charge is 0.452 e. The normalized spacial score (nSPS) is 14.3. The fourth-order valence-corrected chi connectivity index (χ4v) is 4.46. The summed E-state index contributed by atoms with van der Waals surface area (Å²) in [6, 6.07) is 33.0. The minimum Gasteiger partial charge on any atom is -0.452 e. The maximum absolute atomic E-state index is 14.6. The molecule has 0 unspecified atom stereocenters. The molecule has 0 aliphatic heterocycles. The summed E-state index contributed by atoms with van der Waals surface area (Å²) >= 11 is 0. The Kier molecular flexibility index (Phi) is 8.97. The van der Waals surface area contributed by atoms with Gasteiger partial charge in [-0.15, -0.1) is 6.58 Å². The number of ether oxygens (including phenoxy) is 2. The fourth-order valence-electron chi connectivity index (χ4n) is 4.46. The molecular formula is C33H28F3NO3. The second-order valence-electron chi connectivity index (χ2n) is 8.92. The quantitative estimate of drug-likeness (QED) is 0.118. The van der Waals surface area contributed by atoms with E-state index in [0.717, 1.165) is 18.2 Å². The van der Waals surface area contributed by atoms with Gasteiger partial charge in [-0.3, -0.25) is 4.99 Å². The van der Waals surface area contributed by atoms with Crippen molar-refractivity contribution in [3.8, 4) is 0 Å². The number of carbonyl (C=O) groups is 1. The molecular weight excluding hydrogens is 515 g/mol. The van der Waals surface area contributed by atoms with E-state index < -0.39 is 35.5 Å². The molecule has 0 bridgehead atoms. The van der Waals surface area contributed by atoms with Crippen molar-refractivity contribution in [2.75, 3.05) is 7.11 Å². The summed E-state index contributed by atoms with van der Waals surface area (Å²) in [5, 5.41) is 0. The standard InChI is InChI=1S/C33H28F3NO3/c1-3-28(37-29(24-16-8-4-9-17-24)25-18-10-5-11-19-25)30(26-20-12-6-13-21-26)40-31(38)32(39-2,33(34,35)36)27-22-14-7-15-23-27/h3-23,28,30H,1H2,2H3/t28-,30+,32-/m1/s1. The molecule has 0 heterocycles. The molecule has 0 radical (unpaired) electrons. The maximum Gasteiger partial charge on any atom is 0.432 e. The van der Waals surface area contributed by atoms with Gasteiger partial charge in [-0.05, 0) is 5.56 Å². The number of nitrogens with zero attached hydrogens (tertiary/aromatic N) is 1. The minimum absolute atomic E-state index is 0.394. The highest BCUT2D eigenvalue weighted by Gasteiger charge is 2.64. The Morgan fingerprint density at radius 3 is 1.65 bits per heavy atom. The van der Waals surface area contributed by atoms with E-state index in [0.29, 0.717) is 11.3 Å². The Morgan fingerprint density at radius 1 is 0.775 bits per heavy atom. The van der Waals surface area contributed by atoms with Crippen LogP contribution in [0, 0.1) is 0 Å². The van der Waals surface area contributed by atoms with E-state index >= 15 is 0 Å². The van der Waals surface area contributed by atoms with Crippen molar-refractivity contribution in [2.45, 2.75) is 23.9 Å². The highest BCUT2D eigenvalue weighted by Crippen LogP contribution is 2.44. The molecule has 0 aromatic heterocycles. The first kappa shape index (κ1) is 28.5. The van der Waals surface area contributed by atoms with Gasteiger partial charge in [0, 0.05) is 23.8 Å². The zero-order valence-electron chi connectivity index (χ0n) is 21.8. The molecule has 40 heavy (non-hydrogen) atoms. The van der Waals surface area contributed by atoms with Crippen LogP contribution in [0.15, 0.2) is 139 Å². The van der Waals surface area contributed by atoms with Crippen LogP contribution in [0.1, 0.15) is 28.4 Å². The molecule has 0 aliphatic rings. The monoisotopic (exact) mass is 543 g/mol. The first-order valence-corrected chi connectivity index (χ1v) is 12.6. The van der Waals surface area contributed by atoms with Crippen molar-refractivity contribution in [3.63, 3.8) is 0 Å². The van der Waals surface area contributed by atoms with Gasteiger partial charge in [0.05, 0.1) is 5.71 Å². The maximum atomic E-state index is 14.6. The number of esters is 1. The van der Waals surface area contributed by atoms with Crippen molar-refractivity contribution in [3.05, 3.63) is 156 Å². The van der Waals surface area contributed by atoms with Crippen molar-refractivity contribution >= 4 is 11.7 Å². The van der Waals surface area contributed by atoms with Crippen LogP contribution in [0.4, 0.5) is 13.2 Å². The van der Waals surface area contributed by atoms with Gasteiger partial charge in [-0.2, -0.15) is 13.2 Å². The number of benzene rings is 4. The average Bonchev–Trinajstić information content (AvgIpc) is 2.99. The van der Waals surface area contributed by atoms with Gasteiger partial charge in [0.2, 0.25) is 0 Å². The Labute approximate surface area is 231 Å². The molecule has 204 valence electrons. The molecule has 7 heteroatoms. The summed E-state index contributed by atoms with van der Waals surface area (Å²) in [6.07, 6.45) is -4.90. The summed E-state index contributed by atoms with van der Waals surface area (Å²) in [5.74, 6) is -1.61. The zero-order chi connectivity index (χ0) is 28.6. The molecule has 4 aromatic carbocycles. The topological polar surface area (TPSA) is 47.9 Å². The first-order valence-electron chi connectivity index (χ1n) is 12.6. The summed E-state index contributed by atoms with van der Waals surface area (Å²) in [7, 11) is 0.839. The Morgan fingerprint density at radius 2 is 1.23 bits per heavy atom. The summed E-state index contributed by atoms with van der Waals surface area (Å²) in [5.41, 5.74) is -1.16. The van der Waals surface area contributed by atoms with Gasteiger partial charge in [0.1, 0.15) is 6.04 Å². The zero-order valence-corrected chi connectivity index (χ0v) is 21.8. The summed E-state index contributed by atoms with van der Waals surface area (Å²) in [6.45, 7) is 3.89. The third kappa shape index (κ3) is 5.90. The minimum atomic E-state index is -5.12. The van der Waals surface area contributed by atoms with E-state index in [1.807, 2.05) is 60.7 Å². The second kappa shape index (κ2) is 12.6. The Bertz CT molecular complexity index is 1380. The van der Waals surface area contributed by atoms with E-state index in [1.54, 1.807) is 36.4 Å². The lowest BCUT2D eigenvalue weighted by Crippen LogP contribution is -2.52. The molecule has 3 atom stereocenters. The van der Waals surface area contributed by atoms with Crippen LogP contribution in [-0.2, 0) is 19.9 Å². The summed E-state index contributed by atoms with van der Waals surface area (Å²) in [4.78, 5) is 18.5. The first-order chi connectivity index (χ1) is 19.3. The average molecular weight is 544 g/mol. The van der Waals surface area contributed by atoms with Crippen molar-refractivity contribution in [1.29, 1.82) is 0 Å². The number of rotatable bonds is 10. The molecule has 0 saturated carbocycles. The van der Waals surface area contributed by atoms with Gasteiger partial charge in [-0.1, -0.05) is 127 Å². The van der Waals surface area contributed by atoms with Crippen LogP contribution >= 0.6 is 0 Å². The molecule has 0 amide bonds. The molecule has 0 aliphatic carbocycles. The predicted molar refractivity (Wildman–Crippen MR) is 149 cm³/mol. The third-order valence-electron chi connectivity index (χ3n) is 6.46. The van der Waals surface area contributed by atoms with Crippen LogP contribution in [0.2, 0.25) is 0 Å². The van der Waals surface area contributed by atoms with Crippen LogP contribution in [0.3, 0.4) is 0 Å². The number of aliphatic imine (C=N–C) groups is 1. The molecule has 0 N–H and O–H groups in total. The lowest BCUT2D eigenvalue weighted by atomic mass is 9.92. The van der Waals surface area contributed by atoms with Gasteiger partial charge < -0.3 is 9.47 Å². The van der Waals surface area contributed by atoms with E-state index in [1.165, 1.54) is 30.3 Å². The van der Waals surface area contributed by atoms with Crippen LogP contribution < -0.4 is 0 Å². The lowest BCUT2D eigenvalue weighted by Gasteiger charge is -2.34. The van der Waals surface area contributed by atoms with Crippen molar-refractivity contribution in [2.24, 2.45) is 4.99 Å². The second-order valence-corrected chi connectivity index (χ2v) is 8.92. The van der Waals surface area contributed by atoms with Crippen LogP contribution in [-0.4, -0.2) is 31.0 Å². The SMILES string of the molecule is C=C[C@@H](N=C(c1ccccc1)c1ccccc1)[C@@H](OC(=O)[C@](OC)(c1ccccc1)C(F)(F)F)c1ccccc1.